The molecule has 1 N–H and O–H groups in total. The number of methoxy groups -OCH3 is 1. The largest absolute Gasteiger partial charge is 0.480 e. The van der Waals surface area contributed by atoms with Crippen LogP contribution in [0.1, 0.15) is 37.5 Å². The summed E-state index contributed by atoms with van der Waals surface area (Å²) in [4.78, 5) is 7.71. The number of hydrogen-bond acceptors (Lipinski definition) is 5. The molecule has 1 heterocycles. The van der Waals surface area contributed by atoms with E-state index < -0.39 is 0 Å². The Morgan fingerprint density at radius 3 is 2.75 bits per heavy atom. The summed E-state index contributed by atoms with van der Waals surface area (Å²) in [6, 6.07) is 0. The van der Waals surface area contributed by atoms with Crippen LogP contribution in [0.3, 0.4) is 0 Å². The lowest BCUT2D eigenvalue weighted by atomic mass is 9.80. The minimum Gasteiger partial charge on any atom is -0.480 e. The van der Waals surface area contributed by atoms with Crippen LogP contribution < -0.4 is 15.0 Å². The van der Waals surface area contributed by atoms with Gasteiger partial charge in [-0.25, -0.2) is 0 Å². The molecule has 1 aromatic heterocycles. The average molecular weight is 297 g/mol. The van der Waals surface area contributed by atoms with Crippen molar-refractivity contribution in [1.29, 1.82) is 0 Å². The molecule has 0 bridgehead atoms. The first kappa shape index (κ1) is 15.6. The van der Waals surface area contributed by atoms with Crippen LogP contribution >= 0.6 is 11.3 Å². The third-order valence-corrected chi connectivity index (χ3v) is 5.41. The highest BCUT2D eigenvalue weighted by Crippen LogP contribution is 2.31. The first-order valence-electron chi connectivity index (χ1n) is 7.53. The Labute approximate surface area is 126 Å². The molecule has 1 aliphatic carbocycles. The van der Waals surface area contributed by atoms with E-state index in [9.17, 15) is 0 Å². The van der Waals surface area contributed by atoms with Crippen molar-refractivity contribution in [1.82, 2.24) is 10.3 Å². The molecule has 0 amide bonds. The maximum atomic E-state index is 5.37. The van der Waals surface area contributed by atoms with E-state index in [1.807, 2.05) is 19.0 Å². The van der Waals surface area contributed by atoms with Crippen molar-refractivity contribution in [3.8, 4) is 5.88 Å². The summed E-state index contributed by atoms with van der Waals surface area (Å²) in [6.45, 7) is 4.36. The number of aromatic nitrogens is 1. The molecule has 4 nitrogen and oxygen atoms in total. The van der Waals surface area contributed by atoms with Gasteiger partial charge in [0, 0.05) is 20.6 Å². The Kier molecular flexibility index (Phi) is 5.66. The number of hydrogen-bond donors (Lipinski definition) is 1. The van der Waals surface area contributed by atoms with E-state index in [0.29, 0.717) is 0 Å². The highest BCUT2D eigenvalue weighted by Gasteiger charge is 2.21. The predicted molar refractivity (Wildman–Crippen MR) is 85.8 cm³/mol. The second kappa shape index (κ2) is 7.27. The minimum atomic E-state index is 0.767. The Morgan fingerprint density at radius 1 is 1.35 bits per heavy atom. The number of nitrogens with zero attached hydrogens (tertiary/aromatic N) is 2. The van der Waals surface area contributed by atoms with Gasteiger partial charge in [0.1, 0.15) is 0 Å². The van der Waals surface area contributed by atoms with E-state index in [2.05, 4.69) is 17.2 Å². The van der Waals surface area contributed by atoms with Crippen molar-refractivity contribution in [2.45, 2.75) is 39.2 Å². The summed E-state index contributed by atoms with van der Waals surface area (Å²) in [5.41, 5.74) is 0. The Hall–Kier alpha value is -0.810. The fourth-order valence-electron chi connectivity index (χ4n) is 2.86. The number of rotatable bonds is 6. The molecular formula is C15H27N3OS. The Balaban J connectivity index is 1.87. The third-order valence-electron chi connectivity index (χ3n) is 4.21. The monoisotopic (exact) mass is 297 g/mol. The molecule has 0 aromatic carbocycles. The van der Waals surface area contributed by atoms with Crippen LogP contribution in [0.15, 0.2) is 0 Å². The smallest absolute Gasteiger partial charge is 0.230 e. The third kappa shape index (κ3) is 3.85. The summed E-state index contributed by atoms with van der Waals surface area (Å²) in [5.74, 6) is 2.45. The van der Waals surface area contributed by atoms with Gasteiger partial charge in [0.05, 0.1) is 12.0 Å². The average Bonchev–Trinajstić information content (AvgIpc) is 2.84. The lowest BCUT2D eigenvalue weighted by molar-refractivity contribution is 0.247. The van der Waals surface area contributed by atoms with Gasteiger partial charge in [-0.05, 0) is 24.8 Å². The molecule has 1 saturated carbocycles. The highest BCUT2D eigenvalue weighted by molar-refractivity contribution is 7.15. The van der Waals surface area contributed by atoms with Gasteiger partial charge in [0.15, 0.2) is 5.13 Å². The van der Waals surface area contributed by atoms with Crippen LogP contribution in [0.4, 0.5) is 5.13 Å². The van der Waals surface area contributed by atoms with Gasteiger partial charge in [-0.1, -0.05) is 37.5 Å². The summed E-state index contributed by atoms with van der Waals surface area (Å²) in [5, 5.41) is 4.61. The van der Waals surface area contributed by atoms with Crippen LogP contribution in [0.5, 0.6) is 5.88 Å². The fraction of sp³-hybridized carbons (Fsp3) is 0.800. The fourth-order valence-corrected chi connectivity index (χ4v) is 3.78. The zero-order valence-electron chi connectivity index (χ0n) is 13.1. The molecular weight excluding hydrogens is 270 g/mol. The molecule has 1 aromatic rings. The van der Waals surface area contributed by atoms with Crippen LogP contribution in [0, 0.1) is 11.8 Å². The molecule has 114 valence electrons. The van der Waals surface area contributed by atoms with Crippen LogP contribution in [-0.2, 0) is 6.54 Å². The lowest BCUT2D eigenvalue weighted by Gasteiger charge is -2.28. The quantitative estimate of drug-likeness (QED) is 0.875. The van der Waals surface area contributed by atoms with E-state index in [0.717, 1.165) is 35.9 Å². The molecule has 20 heavy (non-hydrogen) atoms. The molecule has 0 spiro atoms. The van der Waals surface area contributed by atoms with Crippen molar-refractivity contribution in [2.75, 3.05) is 32.6 Å². The van der Waals surface area contributed by atoms with Crippen molar-refractivity contribution in [3.05, 3.63) is 4.88 Å². The highest BCUT2D eigenvalue weighted by atomic mass is 32.1. The molecule has 2 rings (SSSR count). The first-order valence-corrected chi connectivity index (χ1v) is 8.35. The maximum Gasteiger partial charge on any atom is 0.230 e. The van der Waals surface area contributed by atoms with Crippen LogP contribution in [0.25, 0.3) is 0 Å². The Bertz CT molecular complexity index is 419. The second-order valence-corrected chi connectivity index (χ2v) is 7.04. The predicted octanol–water partition coefficient (Wildman–Crippen LogP) is 3.13. The lowest BCUT2D eigenvalue weighted by Crippen LogP contribution is -2.28. The van der Waals surface area contributed by atoms with Gasteiger partial charge in [0.25, 0.3) is 0 Å². The summed E-state index contributed by atoms with van der Waals surface area (Å²) < 4.78 is 5.37. The summed E-state index contributed by atoms with van der Waals surface area (Å²) >= 11 is 1.71. The van der Waals surface area contributed by atoms with Crippen molar-refractivity contribution < 1.29 is 4.74 Å². The first-order chi connectivity index (χ1) is 9.61. The van der Waals surface area contributed by atoms with E-state index in [1.165, 1.54) is 30.6 Å². The molecule has 1 aliphatic rings. The molecule has 2 atom stereocenters. The number of ether oxygens (including phenoxy) is 1. The topological polar surface area (TPSA) is 37.4 Å². The van der Waals surface area contributed by atoms with E-state index in [-0.39, 0.29) is 0 Å². The van der Waals surface area contributed by atoms with Gasteiger partial charge < -0.3 is 15.0 Å². The van der Waals surface area contributed by atoms with Gasteiger partial charge in [0.2, 0.25) is 5.88 Å². The van der Waals surface area contributed by atoms with Crippen molar-refractivity contribution in [2.24, 2.45) is 11.8 Å². The van der Waals surface area contributed by atoms with Crippen molar-refractivity contribution >= 4 is 16.5 Å². The maximum absolute atomic E-state index is 5.37. The minimum absolute atomic E-state index is 0.767. The van der Waals surface area contributed by atoms with E-state index in [1.54, 1.807) is 18.4 Å². The summed E-state index contributed by atoms with van der Waals surface area (Å²) in [6.07, 6.45) is 5.57. The molecule has 5 heteroatoms. The number of nitrogens with one attached hydrogen (secondary N) is 1. The van der Waals surface area contributed by atoms with Gasteiger partial charge in [-0.3, -0.25) is 0 Å². The van der Waals surface area contributed by atoms with Crippen molar-refractivity contribution in [3.63, 3.8) is 0 Å². The van der Waals surface area contributed by atoms with Crippen LogP contribution in [0.2, 0.25) is 0 Å². The molecule has 1 fully saturated rings. The number of anilines is 1. The van der Waals surface area contributed by atoms with Gasteiger partial charge >= 0.3 is 0 Å². The zero-order valence-corrected chi connectivity index (χ0v) is 13.9. The molecule has 0 saturated heterocycles. The Morgan fingerprint density at radius 2 is 2.10 bits per heavy atom. The van der Waals surface area contributed by atoms with Gasteiger partial charge in [-0.15, -0.1) is 0 Å². The standard InChI is InChI=1S/C15H27N3OS/c1-11-7-5-6-8-12(11)9-16-10-13-14(19-4)17-15(20-13)18(2)3/h11-12,16H,5-10H2,1-4H3. The van der Waals surface area contributed by atoms with Crippen LogP contribution in [-0.4, -0.2) is 32.7 Å². The number of thiazole rings is 1. The second-order valence-electron chi connectivity index (χ2n) is 5.98. The van der Waals surface area contributed by atoms with E-state index >= 15 is 0 Å². The zero-order chi connectivity index (χ0) is 14.5. The molecule has 0 aliphatic heterocycles. The molecule has 2 unspecified atom stereocenters. The normalized spacial score (nSPS) is 22.8. The van der Waals surface area contributed by atoms with Gasteiger partial charge in [-0.2, -0.15) is 4.98 Å². The molecule has 0 radical (unpaired) electrons. The summed E-state index contributed by atoms with van der Waals surface area (Å²) in [7, 11) is 5.72. The van der Waals surface area contributed by atoms with E-state index in [4.69, 9.17) is 4.74 Å². The SMILES string of the molecule is COc1nc(N(C)C)sc1CNCC1CCCCC1C.